The molecule has 4 N–H and O–H groups in total. The number of hydrogen-bond donors (Lipinski definition) is 4. The van der Waals surface area contributed by atoms with E-state index in [1.54, 1.807) is 18.3 Å². The highest BCUT2D eigenvalue weighted by Gasteiger charge is 2.28. The zero-order valence-electron chi connectivity index (χ0n) is 17.7. The van der Waals surface area contributed by atoms with Crippen molar-refractivity contribution in [2.45, 2.75) is 13.1 Å². The van der Waals surface area contributed by atoms with Crippen molar-refractivity contribution in [2.75, 3.05) is 24.2 Å². The number of nitrogens with zero attached hydrogens (tertiary/aromatic N) is 2. The molecule has 3 rings (SSSR count). The number of aryl methyl sites for hydroxylation is 1. The first-order chi connectivity index (χ1) is 15.7. The molecule has 172 valence electrons. The third-order valence-corrected chi connectivity index (χ3v) is 4.43. The SMILES string of the molecule is CNC(=O)c1cnc(Nc2ccc(C)cn2)cc1Nc1ccccc1C(=O)NCC(F)(F)F. The minimum atomic E-state index is -4.54. The molecule has 33 heavy (non-hydrogen) atoms. The highest BCUT2D eigenvalue weighted by molar-refractivity contribution is 6.03. The number of nitrogens with one attached hydrogen (secondary N) is 4. The highest BCUT2D eigenvalue weighted by Crippen LogP contribution is 2.27. The lowest BCUT2D eigenvalue weighted by molar-refractivity contribution is -0.123. The summed E-state index contributed by atoms with van der Waals surface area (Å²) in [5.74, 6) is -0.462. The van der Waals surface area contributed by atoms with E-state index < -0.39 is 24.5 Å². The Morgan fingerprint density at radius 2 is 1.61 bits per heavy atom. The Hall–Kier alpha value is -4.15. The van der Waals surface area contributed by atoms with E-state index >= 15 is 0 Å². The third kappa shape index (κ3) is 6.42. The summed E-state index contributed by atoms with van der Waals surface area (Å²) in [5, 5.41) is 10.3. The molecular weight excluding hydrogens is 437 g/mol. The van der Waals surface area contributed by atoms with Crippen molar-refractivity contribution in [3.05, 3.63) is 71.5 Å². The predicted molar refractivity (Wildman–Crippen MR) is 118 cm³/mol. The molecule has 2 amide bonds. The van der Waals surface area contributed by atoms with Crippen LogP contribution in [-0.4, -0.2) is 41.6 Å². The lowest BCUT2D eigenvalue weighted by atomic mass is 10.1. The van der Waals surface area contributed by atoms with Crippen molar-refractivity contribution in [3.8, 4) is 0 Å². The van der Waals surface area contributed by atoms with Gasteiger partial charge in [-0.15, -0.1) is 0 Å². The molecule has 0 aliphatic rings. The van der Waals surface area contributed by atoms with Gasteiger partial charge in [0.2, 0.25) is 0 Å². The summed E-state index contributed by atoms with van der Waals surface area (Å²) >= 11 is 0. The van der Waals surface area contributed by atoms with Gasteiger partial charge in [0.1, 0.15) is 18.2 Å². The van der Waals surface area contributed by atoms with Crippen molar-refractivity contribution >= 4 is 34.8 Å². The molecule has 11 heteroatoms. The molecule has 2 aromatic heterocycles. The van der Waals surface area contributed by atoms with Gasteiger partial charge in [0.15, 0.2) is 0 Å². The molecule has 1 aromatic carbocycles. The molecule has 0 radical (unpaired) electrons. The number of pyridine rings is 2. The Balaban J connectivity index is 1.92. The van der Waals surface area contributed by atoms with Crippen LogP contribution in [0.3, 0.4) is 0 Å². The number of hydrogen-bond acceptors (Lipinski definition) is 6. The van der Waals surface area contributed by atoms with E-state index in [9.17, 15) is 22.8 Å². The molecule has 2 heterocycles. The number of alkyl halides is 3. The van der Waals surface area contributed by atoms with Crippen LogP contribution in [-0.2, 0) is 0 Å². The van der Waals surface area contributed by atoms with Gasteiger partial charge in [-0.2, -0.15) is 13.2 Å². The highest BCUT2D eigenvalue weighted by atomic mass is 19.4. The van der Waals surface area contributed by atoms with E-state index in [0.29, 0.717) is 11.6 Å². The fourth-order valence-corrected chi connectivity index (χ4v) is 2.83. The number of halogens is 3. The monoisotopic (exact) mass is 458 g/mol. The van der Waals surface area contributed by atoms with E-state index in [1.807, 2.05) is 18.3 Å². The molecule has 0 bridgehead atoms. The van der Waals surface area contributed by atoms with E-state index in [2.05, 4.69) is 25.9 Å². The Labute approximate surface area is 187 Å². The number of aromatic nitrogens is 2. The minimum Gasteiger partial charge on any atom is -0.355 e. The van der Waals surface area contributed by atoms with Gasteiger partial charge in [-0.3, -0.25) is 9.59 Å². The first-order valence-corrected chi connectivity index (χ1v) is 9.79. The Morgan fingerprint density at radius 1 is 0.879 bits per heavy atom. The number of carbonyl (C=O) groups is 2. The van der Waals surface area contributed by atoms with E-state index in [0.717, 1.165) is 5.56 Å². The molecule has 0 aliphatic heterocycles. The fraction of sp³-hybridized carbons (Fsp3) is 0.182. The molecule has 0 fully saturated rings. The van der Waals surface area contributed by atoms with Crippen LogP contribution in [0.5, 0.6) is 0 Å². The van der Waals surface area contributed by atoms with Crippen molar-refractivity contribution in [1.82, 2.24) is 20.6 Å². The quantitative estimate of drug-likeness (QED) is 0.428. The van der Waals surface area contributed by atoms with E-state index in [-0.39, 0.29) is 22.5 Å². The summed E-state index contributed by atoms with van der Waals surface area (Å²) in [6.07, 6.45) is -1.53. The Bertz CT molecular complexity index is 1150. The van der Waals surface area contributed by atoms with Gasteiger partial charge in [-0.1, -0.05) is 18.2 Å². The van der Waals surface area contributed by atoms with Crippen LogP contribution in [0.1, 0.15) is 26.3 Å². The second-order valence-electron chi connectivity index (χ2n) is 7.01. The van der Waals surface area contributed by atoms with E-state index in [4.69, 9.17) is 0 Å². The smallest absolute Gasteiger partial charge is 0.355 e. The van der Waals surface area contributed by atoms with Crippen LogP contribution in [0.15, 0.2) is 54.9 Å². The molecule has 8 nitrogen and oxygen atoms in total. The van der Waals surface area contributed by atoms with Crippen LogP contribution in [0.4, 0.5) is 36.2 Å². The maximum atomic E-state index is 12.5. The predicted octanol–water partition coefficient (Wildman–Crippen LogP) is 3.92. The summed E-state index contributed by atoms with van der Waals surface area (Å²) in [4.78, 5) is 33.2. The number of rotatable bonds is 7. The second kappa shape index (κ2) is 9.98. The van der Waals surface area contributed by atoms with Gasteiger partial charge in [0.25, 0.3) is 11.8 Å². The number of anilines is 4. The molecule has 0 aliphatic carbocycles. The molecule has 0 atom stereocenters. The topological polar surface area (TPSA) is 108 Å². The largest absolute Gasteiger partial charge is 0.405 e. The van der Waals surface area contributed by atoms with Crippen LogP contribution >= 0.6 is 0 Å². The Morgan fingerprint density at radius 3 is 2.27 bits per heavy atom. The second-order valence-corrected chi connectivity index (χ2v) is 7.01. The first-order valence-electron chi connectivity index (χ1n) is 9.79. The minimum absolute atomic E-state index is 0.0175. The maximum absolute atomic E-state index is 12.5. The van der Waals surface area contributed by atoms with Crippen molar-refractivity contribution in [3.63, 3.8) is 0 Å². The van der Waals surface area contributed by atoms with Crippen molar-refractivity contribution < 1.29 is 22.8 Å². The maximum Gasteiger partial charge on any atom is 0.405 e. The average Bonchev–Trinajstić information content (AvgIpc) is 2.78. The number of para-hydroxylation sites is 1. The first kappa shape index (κ1) is 23.5. The average molecular weight is 458 g/mol. The lowest BCUT2D eigenvalue weighted by Crippen LogP contribution is -2.34. The summed E-state index contributed by atoms with van der Waals surface area (Å²) in [6.45, 7) is 0.439. The van der Waals surface area contributed by atoms with Crippen LogP contribution in [0.2, 0.25) is 0 Å². The molecule has 3 aromatic rings. The summed E-state index contributed by atoms with van der Waals surface area (Å²) in [6, 6.07) is 11.2. The summed E-state index contributed by atoms with van der Waals surface area (Å²) in [5.41, 5.74) is 1.63. The van der Waals surface area contributed by atoms with Gasteiger partial charge in [0.05, 0.1) is 22.5 Å². The van der Waals surface area contributed by atoms with Gasteiger partial charge < -0.3 is 21.3 Å². The Kier molecular flexibility index (Phi) is 7.11. The van der Waals surface area contributed by atoms with Crippen molar-refractivity contribution in [1.29, 1.82) is 0 Å². The fourth-order valence-electron chi connectivity index (χ4n) is 2.83. The molecule has 0 saturated carbocycles. The molecule has 0 spiro atoms. The summed E-state index contributed by atoms with van der Waals surface area (Å²) in [7, 11) is 1.45. The zero-order chi connectivity index (χ0) is 24.0. The third-order valence-electron chi connectivity index (χ3n) is 4.43. The normalized spacial score (nSPS) is 10.9. The number of carbonyl (C=O) groups excluding carboxylic acids is 2. The molecular formula is C22H21F3N6O2. The number of amides is 2. The van der Waals surface area contributed by atoms with E-state index in [1.165, 1.54) is 37.5 Å². The van der Waals surface area contributed by atoms with Gasteiger partial charge in [-0.05, 0) is 30.7 Å². The number of benzene rings is 1. The van der Waals surface area contributed by atoms with Crippen LogP contribution in [0.25, 0.3) is 0 Å². The zero-order valence-corrected chi connectivity index (χ0v) is 17.7. The summed E-state index contributed by atoms with van der Waals surface area (Å²) < 4.78 is 37.5. The lowest BCUT2D eigenvalue weighted by Gasteiger charge is -2.16. The van der Waals surface area contributed by atoms with Crippen LogP contribution < -0.4 is 21.3 Å². The van der Waals surface area contributed by atoms with Gasteiger partial charge >= 0.3 is 6.18 Å². The van der Waals surface area contributed by atoms with Crippen molar-refractivity contribution in [2.24, 2.45) is 0 Å². The molecule has 0 unspecified atom stereocenters. The van der Waals surface area contributed by atoms with Gasteiger partial charge in [-0.25, -0.2) is 9.97 Å². The standard InChI is InChI=1S/C22H21F3N6O2/c1-13-7-8-18(27-10-13)31-19-9-17(15(11-28-19)20(32)26-2)30-16-6-4-3-5-14(16)21(33)29-12-22(23,24)25/h3-11H,12H2,1-2H3,(H,26,32)(H,29,33)(H2,27,28,30,31). The van der Waals surface area contributed by atoms with Gasteiger partial charge in [0, 0.05) is 25.5 Å². The van der Waals surface area contributed by atoms with Crippen LogP contribution in [0, 0.1) is 6.92 Å². The molecule has 0 saturated heterocycles.